The number of ether oxygens (including phenoxy) is 1. The highest BCUT2D eigenvalue weighted by atomic mass is 32.2. The van der Waals surface area contributed by atoms with Gasteiger partial charge in [0.25, 0.3) is 0 Å². The minimum Gasteiger partial charge on any atom is -0.378 e. The minimum atomic E-state index is -3.48. The third kappa shape index (κ3) is 2.76. The molecule has 0 unspecified atom stereocenters. The van der Waals surface area contributed by atoms with E-state index >= 15 is 0 Å². The molecule has 0 saturated carbocycles. The summed E-state index contributed by atoms with van der Waals surface area (Å²) in [6.45, 7) is 5.67. The predicted molar refractivity (Wildman–Crippen MR) is 77.0 cm³/mol. The summed E-state index contributed by atoms with van der Waals surface area (Å²) in [5.41, 5.74) is 0.424. The van der Waals surface area contributed by atoms with E-state index < -0.39 is 15.6 Å². The molecule has 7 heteroatoms. The molecule has 6 nitrogen and oxygen atoms in total. The van der Waals surface area contributed by atoms with Crippen LogP contribution < -0.4 is 5.32 Å². The molecule has 1 aliphatic heterocycles. The number of sulfonamides is 1. The topological polar surface area (TPSA) is 63.6 Å². The second-order valence-corrected chi connectivity index (χ2v) is 7.61. The summed E-state index contributed by atoms with van der Waals surface area (Å²) in [6, 6.07) is 1.73. The van der Waals surface area contributed by atoms with Crippen molar-refractivity contribution < 1.29 is 13.2 Å². The summed E-state index contributed by atoms with van der Waals surface area (Å²) in [4.78, 5) is 0.347. The summed E-state index contributed by atoms with van der Waals surface area (Å²) < 4.78 is 34.4. The van der Waals surface area contributed by atoms with Gasteiger partial charge < -0.3 is 14.6 Å². The summed E-state index contributed by atoms with van der Waals surface area (Å²) in [5.74, 6) is 0. The molecule has 1 aliphatic rings. The number of hydrogen-bond acceptors (Lipinski definition) is 4. The highest BCUT2D eigenvalue weighted by molar-refractivity contribution is 7.89. The van der Waals surface area contributed by atoms with E-state index in [1.54, 1.807) is 16.6 Å². The Balaban J connectivity index is 2.37. The van der Waals surface area contributed by atoms with Gasteiger partial charge in [-0.2, -0.15) is 4.31 Å². The van der Waals surface area contributed by atoms with Crippen LogP contribution in [0.3, 0.4) is 0 Å². The molecule has 0 radical (unpaired) electrons. The van der Waals surface area contributed by atoms with Gasteiger partial charge in [0.05, 0.1) is 18.8 Å². The van der Waals surface area contributed by atoms with E-state index in [0.717, 1.165) is 5.69 Å². The van der Waals surface area contributed by atoms with E-state index in [1.807, 2.05) is 32.5 Å². The molecule has 0 aromatic carbocycles. The van der Waals surface area contributed by atoms with Crippen molar-refractivity contribution in [3.8, 4) is 0 Å². The lowest BCUT2D eigenvalue weighted by Gasteiger charge is -2.40. The molecular formula is C13H23N3O3S. The molecule has 1 aromatic rings. The van der Waals surface area contributed by atoms with E-state index in [2.05, 4.69) is 5.32 Å². The molecule has 1 fully saturated rings. The third-order valence-corrected chi connectivity index (χ3v) is 5.67. The molecule has 20 heavy (non-hydrogen) atoms. The maximum atomic E-state index is 12.8. The van der Waals surface area contributed by atoms with Crippen molar-refractivity contribution in [2.24, 2.45) is 7.05 Å². The zero-order valence-corrected chi connectivity index (χ0v) is 13.3. The molecule has 2 rings (SSSR count). The van der Waals surface area contributed by atoms with Crippen molar-refractivity contribution in [2.45, 2.75) is 30.8 Å². The average molecular weight is 301 g/mol. The molecule has 0 bridgehead atoms. The van der Waals surface area contributed by atoms with Crippen LogP contribution in [0.2, 0.25) is 0 Å². The van der Waals surface area contributed by atoms with Crippen LogP contribution in [0.15, 0.2) is 17.2 Å². The van der Waals surface area contributed by atoms with E-state index in [0.29, 0.717) is 31.2 Å². The Bertz CT molecular complexity index is 578. The van der Waals surface area contributed by atoms with Crippen LogP contribution in [-0.4, -0.2) is 49.6 Å². The first-order valence-electron chi connectivity index (χ1n) is 6.69. The summed E-state index contributed by atoms with van der Waals surface area (Å²) >= 11 is 0. The van der Waals surface area contributed by atoms with Crippen molar-refractivity contribution >= 4 is 10.0 Å². The van der Waals surface area contributed by atoms with Crippen LogP contribution in [0, 0.1) is 0 Å². The number of aryl methyl sites for hydroxylation is 1. The number of hydrogen-bond donors (Lipinski definition) is 1. The molecule has 0 atom stereocenters. The Morgan fingerprint density at radius 1 is 1.45 bits per heavy atom. The third-order valence-electron chi connectivity index (χ3n) is 3.60. The number of rotatable bonds is 4. The van der Waals surface area contributed by atoms with Gasteiger partial charge in [0.15, 0.2) is 0 Å². The van der Waals surface area contributed by atoms with Crippen LogP contribution in [-0.2, 0) is 28.4 Å². The fraction of sp³-hybridized carbons (Fsp3) is 0.692. The van der Waals surface area contributed by atoms with Crippen molar-refractivity contribution in [1.82, 2.24) is 14.2 Å². The normalized spacial score (nSPS) is 20.2. The van der Waals surface area contributed by atoms with Crippen LogP contribution in [0.1, 0.15) is 19.5 Å². The van der Waals surface area contributed by atoms with Gasteiger partial charge in [0, 0.05) is 32.0 Å². The van der Waals surface area contributed by atoms with Gasteiger partial charge in [-0.05, 0) is 27.0 Å². The molecule has 1 aromatic heterocycles. The van der Waals surface area contributed by atoms with Crippen LogP contribution in [0.4, 0.5) is 0 Å². The van der Waals surface area contributed by atoms with Gasteiger partial charge in [-0.3, -0.25) is 0 Å². The maximum Gasteiger partial charge on any atom is 0.245 e. The van der Waals surface area contributed by atoms with Gasteiger partial charge in [0.1, 0.15) is 4.90 Å². The van der Waals surface area contributed by atoms with E-state index in [4.69, 9.17) is 4.74 Å². The second kappa shape index (κ2) is 5.48. The maximum absolute atomic E-state index is 12.8. The van der Waals surface area contributed by atoms with Crippen LogP contribution >= 0.6 is 0 Å². The highest BCUT2D eigenvalue weighted by Gasteiger charge is 2.40. The SMILES string of the molecule is CNCc1cc(S(=O)(=O)N2CCOCC2(C)C)cn1C. The number of aromatic nitrogens is 1. The van der Waals surface area contributed by atoms with Gasteiger partial charge in [-0.1, -0.05) is 0 Å². The van der Waals surface area contributed by atoms with Gasteiger partial charge in [0.2, 0.25) is 10.0 Å². The fourth-order valence-corrected chi connectivity index (χ4v) is 4.34. The average Bonchev–Trinajstić information content (AvgIpc) is 2.71. The minimum absolute atomic E-state index is 0.347. The van der Waals surface area contributed by atoms with Crippen LogP contribution in [0.25, 0.3) is 0 Å². The first-order valence-corrected chi connectivity index (χ1v) is 8.13. The monoisotopic (exact) mass is 301 g/mol. The first-order chi connectivity index (χ1) is 9.29. The van der Waals surface area contributed by atoms with E-state index in [1.165, 1.54) is 0 Å². The molecule has 0 aliphatic carbocycles. The molecule has 1 saturated heterocycles. The molecule has 0 amide bonds. The lowest BCUT2D eigenvalue weighted by atomic mass is 10.1. The first kappa shape index (κ1) is 15.5. The predicted octanol–water partition coefficient (Wildman–Crippen LogP) is 0.544. The van der Waals surface area contributed by atoms with Crippen molar-refractivity contribution in [3.05, 3.63) is 18.0 Å². The van der Waals surface area contributed by atoms with Crippen molar-refractivity contribution in [2.75, 3.05) is 26.8 Å². The zero-order valence-electron chi connectivity index (χ0n) is 12.5. The van der Waals surface area contributed by atoms with Gasteiger partial charge in [-0.25, -0.2) is 8.42 Å². The highest BCUT2D eigenvalue weighted by Crippen LogP contribution is 2.28. The van der Waals surface area contributed by atoms with Gasteiger partial charge >= 0.3 is 0 Å². The number of nitrogens with one attached hydrogen (secondary N) is 1. The lowest BCUT2D eigenvalue weighted by molar-refractivity contribution is -0.00770. The molecule has 1 N–H and O–H groups in total. The van der Waals surface area contributed by atoms with Crippen molar-refractivity contribution in [1.29, 1.82) is 0 Å². The Morgan fingerprint density at radius 3 is 2.75 bits per heavy atom. The molecule has 2 heterocycles. The molecular weight excluding hydrogens is 278 g/mol. The Morgan fingerprint density at radius 2 is 2.15 bits per heavy atom. The Kier molecular flexibility index (Phi) is 4.24. The van der Waals surface area contributed by atoms with Crippen LogP contribution in [0.5, 0.6) is 0 Å². The number of nitrogens with zero attached hydrogens (tertiary/aromatic N) is 2. The Labute approximate surface area is 120 Å². The fourth-order valence-electron chi connectivity index (χ4n) is 2.49. The summed E-state index contributed by atoms with van der Waals surface area (Å²) in [5, 5.41) is 3.04. The summed E-state index contributed by atoms with van der Waals surface area (Å²) in [7, 11) is 0.212. The quantitative estimate of drug-likeness (QED) is 0.882. The van der Waals surface area contributed by atoms with E-state index in [-0.39, 0.29) is 0 Å². The molecule has 114 valence electrons. The largest absolute Gasteiger partial charge is 0.378 e. The molecule has 0 spiro atoms. The van der Waals surface area contributed by atoms with Gasteiger partial charge in [-0.15, -0.1) is 0 Å². The zero-order chi connectivity index (χ0) is 15.0. The van der Waals surface area contributed by atoms with E-state index in [9.17, 15) is 8.42 Å². The van der Waals surface area contributed by atoms with Crippen molar-refractivity contribution in [3.63, 3.8) is 0 Å². The lowest BCUT2D eigenvalue weighted by Crippen LogP contribution is -2.55. The number of morpholine rings is 1. The Hall–Kier alpha value is -0.890. The smallest absolute Gasteiger partial charge is 0.245 e. The standard InChI is InChI=1S/C13H23N3O3S/c1-13(2)10-19-6-5-16(13)20(17,18)12-7-11(8-14-3)15(4)9-12/h7,9,14H,5-6,8,10H2,1-4H3. The summed E-state index contributed by atoms with van der Waals surface area (Å²) in [6.07, 6.45) is 1.67. The second-order valence-electron chi connectivity index (χ2n) is 5.75.